The summed E-state index contributed by atoms with van der Waals surface area (Å²) in [6, 6.07) is 0. The molecule has 0 bridgehead atoms. The molecule has 1 atom stereocenters. The molecule has 3 rings (SSSR count). The molecule has 2 aliphatic rings. The van der Waals surface area contributed by atoms with Crippen molar-refractivity contribution >= 4 is 22.2 Å². The predicted octanol–water partition coefficient (Wildman–Crippen LogP) is 1.31. The van der Waals surface area contributed by atoms with E-state index in [9.17, 15) is 4.79 Å². The van der Waals surface area contributed by atoms with Gasteiger partial charge in [-0.3, -0.25) is 4.79 Å². The molecule has 0 spiro atoms. The Kier molecular flexibility index (Phi) is 3.72. The molecule has 1 aromatic heterocycles. The second kappa shape index (κ2) is 5.48. The summed E-state index contributed by atoms with van der Waals surface area (Å²) in [5.41, 5.74) is 7.78. The van der Waals surface area contributed by atoms with Gasteiger partial charge in [-0.05, 0) is 17.4 Å². The second-order valence-corrected chi connectivity index (χ2v) is 5.81. The molecule has 0 aliphatic carbocycles. The first-order valence-electron chi connectivity index (χ1n) is 6.59. The number of carbonyl (C=O) groups excluding carboxylic acids is 1. The van der Waals surface area contributed by atoms with Crippen molar-refractivity contribution in [2.24, 2.45) is 0 Å². The van der Waals surface area contributed by atoms with Crippen LogP contribution in [0.25, 0.3) is 0 Å². The van der Waals surface area contributed by atoms with Crippen LogP contribution in [0.3, 0.4) is 0 Å². The average molecular weight is 282 g/mol. The topological polar surface area (TPSA) is 64.8 Å². The van der Waals surface area contributed by atoms with E-state index < -0.39 is 0 Å². The highest BCUT2D eigenvalue weighted by atomic mass is 32.1. The van der Waals surface area contributed by atoms with Crippen LogP contribution in [0.15, 0.2) is 5.38 Å². The third kappa shape index (κ3) is 2.48. The Bertz CT molecular complexity index is 462. The Balaban J connectivity index is 1.86. The minimum absolute atomic E-state index is 0.0453. The number of nitrogens with zero attached hydrogens (tertiary/aromatic N) is 1. The van der Waals surface area contributed by atoms with E-state index in [0.29, 0.717) is 49.4 Å². The molecule has 0 saturated carbocycles. The van der Waals surface area contributed by atoms with Crippen molar-refractivity contribution in [1.82, 2.24) is 4.90 Å². The van der Waals surface area contributed by atoms with Crippen molar-refractivity contribution in [1.29, 1.82) is 0 Å². The Hall–Kier alpha value is -1.11. The van der Waals surface area contributed by atoms with Crippen molar-refractivity contribution in [2.75, 3.05) is 45.3 Å². The number of carbonyl (C=O) groups is 1. The summed E-state index contributed by atoms with van der Waals surface area (Å²) in [5, 5.41) is 2.64. The number of thiophene rings is 1. The fourth-order valence-corrected chi connectivity index (χ4v) is 3.51. The molecular formula is C13H18N2O3S. The number of hydrogen-bond acceptors (Lipinski definition) is 5. The van der Waals surface area contributed by atoms with Crippen LogP contribution in [0, 0.1) is 0 Å². The van der Waals surface area contributed by atoms with E-state index in [4.69, 9.17) is 15.2 Å². The number of nitrogen functional groups attached to an aromatic ring is 1. The Morgan fingerprint density at radius 2 is 2.11 bits per heavy atom. The monoisotopic (exact) mass is 282 g/mol. The zero-order chi connectivity index (χ0) is 13.2. The molecule has 1 amide bonds. The van der Waals surface area contributed by atoms with Crippen molar-refractivity contribution in [2.45, 2.75) is 12.3 Å². The minimum Gasteiger partial charge on any atom is -0.390 e. The average Bonchev–Trinajstić information content (AvgIpc) is 3.08. The number of rotatable bonds is 2. The fraction of sp³-hybridized carbons (Fsp3) is 0.615. The van der Waals surface area contributed by atoms with Crippen LogP contribution in [0.2, 0.25) is 0 Å². The number of anilines is 1. The lowest BCUT2D eigenvalue weighted by molar-refractivity contribution is 0.0303. The number of morpholine rings is 1. The molecule has 3 heterocycles. The first-order chi connectivity index (χ1) is 9.27. The molecule has 2 N–H and O–H groups in total. The van der Waals surface area contributed by atoms with Gasteiger partial charge in [0, 0.05) is 25.6 Å². The molecule has 0 radical (unpaired) electrons. The molecular weight excluding hydrogens is 264 g/mol. The van der Waals surface area contributed by atoms with Gasteiger partial charge in [0.1, 0.15) is 0 Å². The molecule has 5 nitrogen and oxygen atoms in total. The first-order valence-corrected chi connectivity index (χ1v) is 7.47. The Labute approximate surface area is 116 Å². The third-order valence-corrected chi connectivity index (χ3v) is 4.56. The lowest BCUT2D eigenvalue weighted by atomic mass is 9.96. The molecule has 1 unspecified atom stereocenters. The van der Waals surface area contributed by atoms with Gasteiger partial charge >= 0.3 is 0 Å². The van der Waals surface area contributed by atoms with Gasteiger partial charge in [0.05, 0.1) is 30.4 Å². The quantitative estimate of drug-likeness (QED) is 0.888. The van der Waals surface area contributed by atoms with Crippen LogP contribution in [-0.2, 0) is 9.47 Å². The number of hydrogen-bond donors (Lipinski definition) is 1. The normalized spacial score (nSPS) is 23.8. The smallest absolute Gasteiger partial charge is 0.257 e. The summed E-state index contributed by atoms with van der Waals surface area (Å²) in [4.78, 5) is 14.4. The largest absolute Gasteiger partial charge is 0.390 e. The van der Waals surface area contributed by atoms with Crippen molar-refractivity contribution in [3.63, 3.8) is 0 Å². The van der Waals surface area contributed by atoms with E-state index in [0.717, 1.165) is 18.6 Å². The van der Waals surface area contributed by atoms with Crippen LogP contribution in [0.5, 0.6) is 0 Å². The maximum atomic E-state index is 12.6. The molecule has 6 heteroatoms. The van der Waals surface area contributed by atoms with E-state index in [2.05, 4.69) is 0 Å². The summed E-state index contributed by atoms with van der Waals surface area (Å²) < 4.78 is 10.7. The van der Waals surface area contributed by atoms with Gasteiger partial charge < -0.3 is 20.1 Å². The number of nitrogens with two attached hydrogens (primary N) is 1. The van der Waals surface area contributed by atoms with Crippen molar-refractivity contribution < 1.29 is 14.3 Å². The lowest BCUT2D eigenvalue weighted by Crippen LogP contribution is -2.41. The van der Waals surface area contributed by atoms with Gasteiger partial charge in [-0.1, -0.05) is 0 Å². The Morgan fingerprint density at radius 3 is 2.79 bits per heavy atom. The predicted molar refractivity (Wildman–Crippen MR) is 73.6 cm³/mol. The summed E-state index contributed by atoms with van der Waals surface area (Å²) >= 11 is 1.45. The van der Waals surface area contributed by atoms with Crippen molar-refractivity contribution in [3.05, 3.63) is 16.5 Å². The van der Waals surface area contributed by atoms with Crippen LogP contribution in [0.1, 0.15) is 28.3 Å². The zero-order valence-electron chi connectivity index (χ0n) is 10.8. The minimum atomic E-state index is 0.0453. The van der Waals surface area contributed by atoms with Crippen molar-refractivity contribution in [3.8, 4) is 0 Å². The Morgan fingerprint density at radius 1 is 1.32 bits per heavy atom. The van der Waals surface area contributed by atoms with Gasteiger partial charge in [-0.25, -0.2) is 0 Å². The standard InChI is InChI=1S/C13H18N2O3S/c14-12-11(13(16)15-2-5-17-6-3-15)10(8-19-12)9-1-4-18-7-9/h8-9H,1-7,14H2. The molecule has 1 aromatic rings. The maximum Gasteiger partial charge on any atom is 0.257 e. The number of ether oxygens (including phenoxy) is 2. The maximum absolute atomic E-state index is 12.6. The molecule has 2 aliphatic heterocycles. The first kappa shape index (κ1) is 12.9. The van der Waals surface area contributed by atoms with E-state index in [1.54, 1.807) is 0 Å². The molecule has 104 valence electrons. The fourth-order valence-electron chi connectivity index (χ4n) is 2.62. The summed E-state index contributed by atoms with van der Waals surface area (Å²) in [5.74, 6) is 0.359. The highest BCUT2D eigenvalue weighted by Gasteiger charge is 2.29. The summed E-state index contributed by atoms with van der Waals surface area (Å²) in [7, 11) is 0. The summed E-state index contributed by atoms with van der Waals surface area (Å²) in [6.45, 7) is 3.98. The van der Waals surface area contributed by atoms with Gasteiger partial charge in [0.2, 0.25) is 0 Å². The van der Waals surface area contributed by atoms with E-state index in [-0.39, 0.29) is 5.91 Å². The van der Waals surface area contributed by atoms with Crippen LogP contribution in [0.4, 0.5) is 5.00 Å². The highest BCUT2D eigenvalue weighted by Crippen LogP contribution is 2.35. The second-order valence-electron chi connectivity index (χ2n) is 4.90. The molecule has 0 aromatic carbocycles. The zero-order valence-corrected chi connectivity index (χ0v) is 11.6. The van der Waals surface area contributed by atoms with Gasteiger partial charge in [0.15, 0.2) is 0 Å². The van der Waals surface area contributed by atoms with Gasteiger partial charge in [-0.15, -0.1) is 11.3 Å². The van der Waals surface area contributed by atoms with E-state index in [1.165, 1.54) is 11.3 Å². The van der Waals surface area contributed by atoms with E-state index in [1.807, 2.05) is 10.3 Å². The number of amides is 1. The van der Waals surface area contributed by atoms with Crippen LogP contribution >= 0.6 is 11.3 Å². The molecule has 19 heavy (non-hydrogen) atoms. The van der Waals surface area contributed by atoms with Crippen LogP contribution in [-0.4, -0.2) is 50.3 Å². The van der Waals surface area contributed by atoms with E-state index >= 15 is 0 Å². The van der Waals surface area contributed by atoms with Crippen LogP contribution < -0.4 is 5.73 Å². The van der Waals surface area contributed by atoms with Gasteiger partial charge in [0.25, 0.3) is 5.91 Å². The van der Waals surface area contributed by atoms with Gasteiger partial charge in [-0.2, -0.15) is 0 Å². The molecule has 2 saturated heterocycles. The molecule has 2 fully saturated rings. The summed E-state index contributed by atoms with van der Waals surface area (Å²) in [6.07, 6.45) is 0.972. The third-order valence-electron chi connectivity index (χ3n) is 3.73. The highest BCUT2D eigenvalue weighted by molar-refractivity contribution is 7.14. The lowest BCUT2D eigenvalue weighted by Gasteiger charge is -2.27. The SMILES string of the molecule is Nc1scc(C2CCOC2)c1C(=O)N1CCOCC1.